The van der Waals surface area contributed by atoms with Gasteiger partial charge in [0.05, 0.1) is 6.54 Å². The van der Waals surface area contributed by atoms with Crippen LogP contribution in [-0.4, -0.2) is 14.2 Å². The fraction of sp³-hybridized carbons (Fsp3) is 0.176. The fourth-order valence-corrected chi connectivity index (χ4v) is 2.43. The second-order valence-corrected chi connectivity index (χ2v) is 6.44. The first-order chi connectivity index (χ1) is 10.7. The van der Waals surface area contributed by atoms with E-state index in [-0.39, 0.29) is 0 Å². The van der Waals surface area contributed by atoms with Crippen molar-refractivity contribution in [3.63, 3.8) is 0 Å². The van der Waals surface area contributed by atoms with Gasteiger partial charge in [0.2, 0.25) is 0 Å². The molecule has 5 heteroatoms. The lowest BCUT2D eigenvalue weighted by molar-refractivity contribution is 0.288. The topological polar surface area (TPSA) is 38.8 Å². The summed E-state index contributed by atoms with van der Waals surface area (Å²) in [6, 6.07) is 22.5. The Balaban J connectivity index is 2.31. The van der Waals surface area contributed by atoms with Crippen LogP contribution < -0.4 is 4.90 Å². The number of hydrogen-bond acceptors (Lipinski definition) is 4. The quantitative estimate of drug-likeness (QED) is 0.473. The van der Waals surface area contributed by atoms with E-state index < -0.39 is 7.60 Å². The zero-order chi connectivity index (χ0) is 15.8. The van der Waals surface area contributed by atoms with Crippen molar-refractivity contribution in [3.05, 3.63) is 66.2 Å². The Morgan fingerprint density at radius 1 is 0.955 bits per heavy atom. The molecule has 0 heterocycles. The average Bonchev–Trinajstić information content (AvgIpc) is 2.60. The number of anilines is 1. The largest absolute Gasteiger partial charge is 0.406 e. The lowest BCUT2D eigenvalue weighted by Gasteiger charge is -2.18. The van der Waals surface area contributed by atoms with Crippen molar-refractivity contribution in [1.29, 1.82) is 0 Å². The Kier molecular flexibility index (Phi) is 5.80. The van der Waals surface area contributed by atoms with Crippen LogP contribution in [0, 0.1) is 11.7 Å². The fourth-order valence-electron chi connectivity index (χ4n) is 1.86. The van der Waals surface area contributed by atoms with Crippen LogP contribution in [0.4, 0.5) is 5.69 Å². The summed E-state index contributed by atoms with van der Waals surface area (Å²) in [7, 11) is -0.718. The van der Waals surface area contributed by atoms with Crippen molar-refractivity contribution < 1.29 is 13.6 Å². The zero-order valence-electron chi connectivity index (χ0n) is 12.6. The van der Waals surface area contributed by atoms with Crippen LogP contribution in [0.2, 0.25) is 0 Å². The maximum absolute atomic E-state index is 12.1. The van der Waals surface area contributed by atoms with Crippen molar-refractivity contribution in [1.82, 2.24) is 0 Å². The number of rotatable bonds is 5. The molecule has 0 atom stereocenters. The molecule has 114 valence electrons. The molecule has 0 aromatic heterocycles. The molecule has 2 aromatic rings. The molecule has 0 aliphatic heterocycles. The Labute approximate surface area is 131 Å². The molecule has 0 amide bonds. The highest BCUT2D eigenvalue weighted by Gasteiger charge is 2.17. The molecule has 4 nitrogen and oxygen atoms in total. The Morgan fingerprint density at radius 2 is 1.50 bits per heavy atom. The second-order valence-electron chi connectivity index (χ2n) is 4.49. The molecule has 0 radical (unpaired) electrons. The van der Waals surface area contributed by atoms with Crippen molar-refractivity contribution in [2.45, 2.75) is 6.54 Å². The molecular formula is C17H18NO3P. The first-order valence-corrected chi connectivity index (χ1v) is 8.32. The van der Waals surface area contributed by atoms with E-state index in [1.165, 1.54) is 14.2 Å². The van der Waals surface area contributed by atoms with Crippen molar-refractivity contribution in [3.8, 4) is 11.7 Å². The normalized spacial score (nSPS) is 10.6. The predicted molar refractivity (Wildman–Crippen MR) is 88.5 cm³/mol. The van der Waals surface area contributed by atoms with E-state index in [2.05, 4.69) is 11.7 Å². The zero-order valence-corrected chi connectivity index (χ0v) is 13.5. The van der Waals surface area contributed by atoms with Gasteiger partial charge in [-0.25, -0.2) is 4.57 Å². The molecule has 2 rings (SSSR count). The van der Waals surface area contributed by atoms with Gasteiger partial charge >= 0.3 is 7.60 Å². The summed E-state index contributed by atoms with van der Waals surface area (Å²) in [6.45, 7) is 0.575. The molecule has 0 bridgehead atoms. The average molecular weight is 315 g/mol. The summed E-state index contributed by atoms with van der Waals surface area (Å²) in [6.07, 6.45) is 0. The summed E-state index contributed by atoms with van der Waals surface area (Å²) >= 11 is 0. The molecular weight excluding hydrogens is 297 g/mol. The van der Waals surface area contributed by atoms with E-state index in [1.54, 1.807) is 0 Å². The molecule has 0 aliphatic carbocycles. The number of para-hydroxylation sites is 1. The molecule has 0 aliphatic rings. The van der Waals surface area contributed by atoms with E-state index in [0.717, 1.165) is 11.3 Å². The molecule has 0 spiro atoms. The lowest BCUT2D eigenvalue weighted by Crippen LogP contribution is -2.16. The standard InChI is InChI=1S/C17H18NO3P/c1-20-22(19,21-2)14-13-18(17-11-7-4-8-12-17)15-16-9-5-3-6-10-16/h3-12H,15H2,1-2H3. The maximum atomic E-state index is 12.1. The van der Waals surface area contributed by atoms with Gasteiger partial charge in [0.25, 0.3) is 0 Å². The van der Waals surface area contributed by atoms with Gasteiger partial charge in [-0.15, -0.1) is 0 Å². The van der Waals surface area contributed by atoms with Crippen LogP contribution in [0.1, 0.15) is 5.56 Å². The Bertz CT molecular complexity index is 684. The van der Waals surface area contributed by atoms with Crippen molar-refractivity contribution in [2.24, 2.45) is 0 Å². The molecule has 0 saturated heterocycles. The van der Waals surface area contributed by atoms with Crippen LogP contribution in [0.15, 0.2) is 60.7 Å². The van der Waals surface area contributed by atoms with Gasteiger partial charge in [-0.1, -0.05) is 48.5 Å². The third-order valence-electron chi connectivity index (χ3n) is 3.05. The van der Waals surface area contributed by atoms with E-state index in [0.29, 0.717) is 6.54 Å². The smallest absolute Gasteiger partial charge is 0.303 e. The van der Waals surface area contributed by atoms with E-state index in [9.17, 15) is 4.57 Å². The summed E-state index contributed by atoms with van der Waals surface area (Å²) in [4.78, 5) is 1.82. The molecule has 0 fully saturated rings. The Hall–Kier alpha value is -2.05. The van der Waals surface area contributed by atoms with Gasteiger partial charge in [0.15, 0.2) is 0 Å². The number of nitrogens with zero attached hydrogens (tertiary/aromatic N) is 1. The van der Waals surface area contributed by atoms with Crippen LogP contribution in [0.25, 0.3) is 0 Å². The molecule has 22 heavy (non-hydrogen) atoms. The summed E-state index contributed by atoms with van der Waals surface area (Å²) in [5, 5.41) is 0. The molecule has 0 unspecified atom stereocenters. The van der Waals surface area contributed by atoms with Crippen LogP contribution in [0.5, 0.6) is 0 Å². The first kappa shape index (κ1) is 16.3. The third-order valence-corrected chi connectivity index (χ3v) is 4.39. The minimum atomic E-state index is -3.36. The van der Waals surface area contributed by atoms with Crippen LogP contribution >= 0.6 is 7.60 Å². The number of benzene rings is 2. The second kappa shape index (κ2) is 7.82. The number of hydrogen-bond donors (Lipinski definition) is 0. The van der Waals surface area contributed by atoms with E-state index in [4.69, 9.17) is 9.05 Å². The third kappa shape index (κ3) is 4.47. The predicted octanol–water partition coefficient (Wildman–Crippen LogP) is 4.10. The Morgan fingerprint density at radius 3 is 2.05 bits per heavy atom. The van der Waals surface area contributed by atoms with Crippen LogP contribution in [0.3, 0.4) is 0 Å². The molecule has 0 N–H and O–H groups in total. The highest BCUT2D eigenvalue weighted by atomic mass is 31.2. The van der Waals surface area contributed by atoms with Gasteiger partial charge in [-0.3, -0.25) is 4.90 Å². The summed E-state index contributed by atoms with van der Waals surface area (Å²) in [5.41, 5.74) is 4.62. The van der Waals surface area contributed by atoms with Gasteiger partial charge in [-0.2, -0.15) is 0 Å². The van der Waals surface area contributed by atoms with Crippen molar-refractivity contribution in [2.75, 3.05) is 19.1 Å². The monoisotopic (exact) mass is 315 g/mol. The first-order valence-electron chi connectivity index (χ1n) is 6.78. The maximum Gasteiger partial charge on any atom is 0.406 e. The van der Waals surface area contributed by atoms with E-state index >= 15 is 0 Å². The van der Waals surface area contributed by atoms with Gasteiger partial charge in [0, 0.05) is 31.6 Å². The molecule has 2 aromatic carbocycles. The SMILES string of the molecule is COP(=O)(C#CN(Cc1ccccc1)c1ccccc1)OC. The molecule has 0 saturated carbocycles. The van der Waals surface area contributed by atoms with Gasteiger partial charge < -0.3 is 9.05 Å². The summed E-state index contributed by atoms with van der Waals surface area (Å²) < 4.78 is 21.8. The van der Waals surface area contributed by atoms with Crippen molar-refractivity contribution >= 4 is 13.3 Å². The highest BCUT2D eigenvalue weighted by Crippen LogP contribution is 2.44. The summed E-state index contributed by atoms with van der Waals surface area (Å²) in [5.74, 6) is 0. The highest BCUT2D eigenvalue weighted by molar-refractivity contribution is 7.59. The van der Waals surface area contributed by atoms with E-state index in [1.807, 2.05) is 65.6 Å². The minimum Gasteiger partial charge on any atom is -0.303 e. The lowest BCUT2D eigenvalue weighted by atomic mass is 10.2. The van der Waals surface area contributed by atoms with Gasteiger partial charge in [-0.05, 0) is 17.7 Å². The minimum absolute atomic E-state index is 0.575. The van der Waals surface area contributed by atoms with Crippen LogP contribution in [-0.2, 0) is 20.2 Å². The van der Waals surface area contributed by atoms with Gasteiger partial charge in [0.1, 0.15) is 0 Å².